The van der Waals surface area contributed by atoms with Gasteiger partial charge in [-0.3, -0.25) is 0 Å². The van der Waals surface area contributed by atoms with E-state index in [1.807, 2.05) is 24.3 Å². The zero-order valence-electron chi connectivity index (χ0n) is 10.5. The Morgan fingerprint density at radius 3 is 2.42 bits per heavy atom. The Balaban J connectivity index is 1.89. The number of hydrogen-bond donors (Lipinski definition) is 0. The van der Waals surface area contributed by atoms with Gasteiger partial charge in [0.05, 0.1) is 6.04 Å². The number of anilines is 1. The first kappa shape index (κ1) is 11.6. The van der Waals surface area contributed by atoms with E-state index in [0.29, 0.717) is 0 Å². The molecule has 0 N–H and O–H groups in total. The first-order chi connectivity index (χ1) is 9.38. The summed E-state index contributed by atoms with van der Waals surface area (Å²) in [5.41, 5.74) is 12.1. The van der Waals surface area contributed by atoms with Crippen LogP contribution in [0.15, 0.2) is 59.7 Å². The molecule has 1 fully saturated rings. The number of rotatable bonds is 3. The highest BCUT2D eigenvalue weighted by Gasteiger charge is 2.27. The van der Waals surface area contributed by atoms with Crippen LogP contribution in [0.5, 0.6) is 0 Å². The highest BCUT2D eigenvalue weighted by Crippen LogP contribution is 2.33. The molecule has 0 spiro atoms. The van der Waals surface area contributed by atoms with Crippen LogP contribution in [0, 0.1) is 0 Å². The van der Waals surface area contributed by atoms with Gasteiger partial charge in [0.25, 0.3) is 0 Å². The van der Waals surface area contributed by atoms with Gasteiger partial charge in [0.15, 0.2) is 0 Å². The van der Waals surface area contributed by atoms with Gasteiger partial charge in [0, 0.05) is 29.3 Å². The van der Waals surface area contributed by atoms with Crippen molar-refractivity contribution >= 4 is 5.69 Å². The van der Waals surface area contributed by atoms with Crippen LogP contribution < -0.4 is 4.90 Å². The van der Waals surface area contributed by atoms with Crippen molar-refractivity contribution in [2.24, 2.45) is 5.11 Å². The molecule has 2 aromatic rings. The third-order valence-electron chi connectivity index (χ3n) is 3.41. The molecule has 0 amide bonds. The van der Waals surface area contributed by atoms with Crippen molar-refractivity contribution in [2.75, 3.05) is 18.0 Å². The lowest BCUT2D eigenvalue weighted by Gasteiger charge is -2.39. The molecule has 1 aliphatic rings. The lowest BCUT2D eigenvalue weighted by atomic mass is 10.00. The van der Waals surface area contributed by atoms with Gasteiger partial charge in [-0.25, -0.2) is 0 Å². The predicted molar refractivity (Wildman–Crippen MR) is 77.0 cm³/mol. The third-order valence-corrected chi connectivity index (χ3v) is 3.41. The molecule has 1 aliphatic heterocycles. The molecule has 19 heavy (non-hydrogen) atoms. The molecule has 4 heteroatoms. The molecular weight excluding hydrogens is 236 g/mol. The molecule has 0 saturated carbocycles. The Bertz CT molecular complexity index is 611. The average molecular weight is 250 g/mol. The fraction of sp³-hybridized carbons (Fsp3) is 0.200. The van der Waals surface area contributed by atoms with Gasteiger partial charge in [0.2, 0.25) is 0 Å². The van der Waals surface area contributed by atoms with Crippen LogP contribution >= 0.6 is 0 Å². The van der Waals surface area contributed by atoms with Crippen molar-refractivity contribution < 1.29 is 0 Å². The van der Waals surface area contributed by atoms with E-state index in [9.17, 15) is 0 Å². The summed E-state index contributed by atoms with van der Waals surface area (Å²) in [4.78, 5) is 5.12. The summed E-state index contributed by atoms with van der Waals surface area (Å²) < 4.78 is 0. The van der Waals surface area contributed by atoms with E-state index in [1.165, 1.54) is 16.8 Å². The summed E-state index contributed by atoms with van der Waals surface area (Å²) in [5, 5.41) is 3.75. The maximum atomic E-state index is 8.43. The van der Waals surface area contributed by atoms with Gasteiger partial charge in [-0.1, -0.05) is 53.6 Å². The molecule has 0 unspecified atom stereocenters. The number of hydrogen-bond acceptors (Lipinski definition) is 2. The van der Waals surface area contributed by atoms with E-state index >= 15 is 0 Å². The molecule has 0 aliphatic carbocycles. The van der Waals surface area contributed by atoms with E-state index in [2.05, 4.69) is 45.3 Å². The maximum absolute atomic E-state index is 8.43. The fourth-order valence-corrected chi connectivity index (χ4v) is 2.41. The largest absolute Gasteiger partial charge is 0.370 e. The second-order valence-electron chi connectivity index (χ2n) is 4.65. The highest BCUT2D eigenvalue weighted by atomic mass is 15.3. The Hall–Kier alpha value is -2.45. The Morgan fingerprint density at radius 2 is 1.68 bits per heavy atom. The second-order valence-corrected chi connectivity index (χ2v) is 4.65. The molecule has 1 saturated heterocycles. The van der Waals surface area contributed by atoms with E-state index in [0.717, 1.165) is 13.1 Å². The van der Waals surface area contributed by atoms with Crippen LogP contribution in [0.1, 0.15) is 0 Å². The summed E-state index contributed by atoms with van der Waals surface area (Å²) in [7, 11) is 0. The van der Waals surface area contributed by atoms with E-state index < -0.39 is 0 Å². The minimum absolute atomic E-state index is 0.105. The quantitative estimate of drug-likeness (QED) is 0.463. The second kappa shape index (κ2) is 5.04. The minimum atomic E-state index is 0.105. The van der Waals surface area contributed by atoms with Crippen LogP contribution in [0.3, 0.4) is 0 Å². The fourth-order valence-electron chi connectivity index (χ4n) is 2.41. The van der Waals surface area contributed by atoms with Gasteiger partial charge < -0.3 is 4.90 Å². The Labute approximate surface area is 111 Å². The summed E-state index contributed by atoms with van der Waals surface area (Å²) in [6, 6.07) is 18.8. The number of azide groups is 1. The number of benzene rings is 2. The smallest absolute Gasteiger partial charge is 0.0724 e. The molecule has 0 bridgehead atoms. The SMILES string of the molecule is [N-]=[N+]=NC1CN(c2ccccc2-c2ccccc2)C1. The maximum Gasteiger partial charge on any atom is 0.0724 e. The zero-order chi connectivity index (χ0) is 13.1. The third kappa shape index (κ3) is 2.26. The number of nitrogens with zero attached hydrogens (tertiary/aromatic N) is 4. The van der Waals surface area contributed by atoms with Crippen molar-refractivity contribution in [3.05, 3.63) is 65.0 Å². The van der Waals surface area contributed by atoms with E-state index in [-0.39, 0.29) is 6.04 Å². The summed E-state index contributed by atoms with van der Waals surface area (Å²) in [6.45, 7) is 1.60. The summed E-state index contributed by atoms with van der Waals surface area (Å²) >= 11 is 0. The van der Waals surface area contributed by atoms with E-state index in [1.54, 1.807) is 0 Å². The lowest BCUT2D eigenvalue weighted by molar-refractivity contribution is 0.518. The van der Waals surface area contributed by atoms with Gasteiger partial charge in [-0.05, 0) is 17.2 Å². The molecule has 94 valence electrons. The molecular formula is C15H14N4. The van der Waals surface area contributed by atoms with Crippen molar-refractivity contribution in [1.82, 2.24) is 0 Å². The van der Waals surface area contributed by atoms with Crippen LogP contribution in [0.4, 0.5) is 5.69 Å². The topological polar surface area (TPSA) is 52.0 Å². The summed E-state index contributed by atoms with van der Waals surface area (Å²) in [5.74, 6) is 0. The van der Waals surface area contributed by atoms with E-state index in [4.69, 9.17) is 5.53 Å². The molecule has 0 radical (unpaired) electrons. The monoisotopic (exact) mass is 250 g/mol. The van der Waals surface area contributed by atoms with Crippen LogP contribution in [0.2, 0.25) is 0 Å². The number of para-hydroxylation sites is 1. The zero-order valence-corrected chi connectivity index (χ0v) is 10.5. The predicted octanol–water partition coefficient (Wildman–Crippen LogP) is 3.85. The molecule has 2 aromatic carbocycles. The summed E-state index contributed by atoms with van der Waals surface area (Å²) in [6.07, 6.45) is 0. The van der Waals surface area contributed by atoms with Crippen molar-refractivity contribution in [2.45, 2.75) is 6.04 Å². The van der Waals surface area contributed by atoms with Gasteiger partial charge in [0.1, 0.15) is 0 Å². The Morgan fingerprint density at radius 1 is 1.00 bits per heavy atom. The van der Waals surface area contributed by atoms with Gasteiger partial charge in [-0.15, -0.1) is 0 Å². The van der Waals surface area contributed by atoms with Crippen LogP contribution in [0.25, 0.3) is 21.6 Å². The average Bonchev–Trinajstić information content (AvgIpc) is 2.43. The lowest BCUT2D eigenvalue weighted by Crippen LogP contribution is -2.49. The Kier molecular flexibility index (Phi) is 3.09. The molecule has 4 nitrogen and oxygen atoms in total. The van der Waals surface area contributed by atoms with Crippen molar-refractivity contribution in [3.63, 3.8) is 0 Å². The van der Waals surface area contributed by atoms with Gasteiger partial charge in [-0.2, -0.15) is 0 Å². The minimum Gasteiger partial charge on any atom is -0.370 e. The molecule has 3 rings (SSSR count). The molecule has 0 atom stereocenters. The van der Waals surface area contributed by atoms with Crippen LogP contribution in [-0.2, 0) is 0 Å². The van der Waals surface area contributed by atoms with Gasteiger partial charge >= 0.3 is 0 Å². The normalized spacial score (nSPS) is 14.6. The van der Waals surface area contributed by atoms with Crippen LogP contribution in [-0.4, -0.2) is 19.1 Å². The first-order valence-corrected chi connectivity index (χ1v) is 6.32. The first-order valence-electron chi connectivity index (χ1n) is 6.32. The van der Waals surface area contributed by atoms with Crippen molar-refractivity contribution in [3.8, 4) is 11.1 Å². The highest BCUT2D eigenvalue weighted by molar-refractivity contribution is 5.79. The molecule has 0 aromatic heterocycles. The van der Waals surface area contributed by atoms with Crippen molar-refractivity contribution in [1.29, 1.82) is 0 Å². The standard InChI is InChI=1S/C15H14N4/c16-18-17-13-10-19(11-13)15-9-5-4-8-14(15)12-6-2-1-3-7-12/h1-9,13H,10-11H2. The molecule has 1 heterocycles.